The van der Waals surface area contributed by atoms with Crippen molar-refractivity contribution in [2.24, 2.45) is 5.92 Å². The predicted octanol–water partition coefficient (Wildman–Crippen LogP) is 1.24. The number of carboxylic acid groups (broad SMARTS) is 1. The van der Waals surface area contributed by atoms with Crippen LogP contribution in [0, 0.1) is 5.92 Å². The molecule has 0 bridgehead atoms. The number of rotatable bonds is 3. The standard InChI is InChI=1S/C11H20N2O3/c1-8(2)13(7-10(14)15)11(16)12-5-4-9(3)6-12/h8-9H,4-7H2,1-3H3,(H,14,15). The Bertz CT molecular complexity index is 278. The van der Waals surface area contributed by atoms with Gasteiger partial charge in [-0.15, -0.1) is 0 Å². The summed E-state index contributed by atoms with van der Waals surface area (Å²) in [5.74, 6) is -0.447. The van der Waals surface area contributed by atoms with E-state index in [0.29, 0.717) is 5.92 Å². The number of nitrogens with zero attached hydrogens (tertiary/aromatic N) is 2. The zero-order valence-electron chi connectivity index (χ0n) is 10.1. The van der Waals surface area contributed by atoms with Crippen molar-refractivity contribution in [3.8, 4) is 0 Å². The minimum absolute atomic E-state index is 0.0838. The summed E-state index contributed by atoms with van der Waals surface area (Å²) in [6.45, 7) is 7.02. The SMILES string of the molecule is CC1CCN(C(=O)N(CC(=O)O)C(C)C)C1. The van der Waals surface area contributed by atoms with E-state index in [4.69, 9.17) is 5.11 Å². The van der Waals surface area contributed by atoms with Crippen molar-refractivity contribution in [3.63, 3.8) is 0 Å². The van der Waals surface area contributed by atoms with E-state index in [1.54, 1.807) is 4.90 Å². The monoisotopic (exact) mass is 228 g/mol. The van der Waals surface area contributed by atoms with Crippen molar-refractivity contribution in [1.82, 2.24) is 9.80 Å². The summed E-state index contributed by atoms with van der Waals surface area (Å²) in [7, 11) is 0. The molecular weight excluding hydrogens is 208 g/mol. The second-order valence-corrected chi connectivity index (χ2v) is 4.74. The normalized spacial score (nSPS) is 20.2. The van der Waals surface area contributed by atoms with Gasteiger partial charge in [0.15, 0.2) is 0 Å². The fourth-order valence-electron chi connectivity index (χ4n) is 1.91. The molecule has 0 saturated carbocycles. The first kappa shape index (κ1) is 12.8. The van der Waals surface area contributed by atoms with Gasteiger partial charge in [-0.3, -0.25) is 4.79 Å². The molecule has 0 aromatic carbocycles. The van der Waals surface area contributed by atoms with Crippen LogP contribution in [0.25, 0.3) is 0 Å². The fourth-order valence-corrected chi connectivity index (χ4v) is 1.91. The smallest absolute Gasteiger partial charge is 0.323 e. The minimum atomic E-state index is -0.964. The van der Waals surface area contributed by atoms with Crippen LogP contribution in [0.2, 0.25) is 0 Å². The molecule has 0 aliphatic carbocycles. The van der Waals surface area contributed by atoms with Crippen LogP contribution >= 0.6 is 0 Å². The summed E-state index contributed by atoms with van der Waals surface area (Å²) in [6, 6.07) is -0.235. The highest BCUT2D eigenvalue weighted by Crippen LogP contribution is 2.17. The van der Waals surface area contributed by atoms with Crippen LogP contribution in [0.5, 0.6) is 0 Å². The first-order valence-electron chi connectivity index (χ1n) is 5.69. The maximum atomic E-state index is 12.1. The van der Waals surface area contributed by atoms with E-state index < -0.39 is 5.97 Å². The molecule has 1 unspecified atom stereocenters. The lowest BCUT2D eigenvalue weighted by molar-refractivity contribution is -0.138. The maximum Gasteiger partial charge on any atom is 0.323 e. The van der Waals surface area contributed by atoms with E-state index in [1.807, 2.05) is 13.8 Å². The highest BCUT2D eigenvalue weighted by molar-refractivity contribution is 5.80. The molecule has 1 rings (SSSR count). The second kappa shape index (κ2) is 5.18. The van der Waals surface area contributed by atoms with Crippen molar-refractivity contribution in [3.05, 3.63) is 0 Å². The van der Waals surface area contributed by atoms with E-state index in [1.165, 1.54) is 4.90 Å². The lowest BCUT2D eigenvalue weighted by atomic mass is 10.2. The number of hydrogen-bond acceptors (Lipinski definition) is 2. The van der Waals surface area contributed by atoms with E-state index in [2.05, 4.69) is 6.92 Å². The van der Waals surface area contributed by atoms with Crippen molar-refractivity contribution in [1.29, 1.82) is 0 Å². The fraction of sp³-hybridized carbons (Fsp3) is 0.818. The molecule has 1 aliphatic heterocycles. The summed E-state index contributed by atoms with van der Waals surface area (Å²) in [5.41, 5.74) is 0. The van der Waals surface area contributed by atoms with Crippen LogP contribution in [-0.2, 0) is 4.79 Å². The molecule has 1 aliphatic rings. The molecule has 0 aromatic rings. The molecule has 92 valence electrons. The minimum Gasteiger partial charge on any atom is -0.480 e. The third kappa shape index (κ3) is 3.12. The Morgan fingerprint density at radius 2 is 2.12 bits per heavy atom. The van der Waals surface area contributed by atoms with Gasteiger partial charge in [0, 0.05) is 19.1 Å². The van der Waals surface area contributed by atoms with Crippen LogP contribution in [-0.4, -0.2) is 52.6 Å². The highest BCUT2D eigenvalue weighted by atomic mass is 16.4. The molecule has 0 aromatic heterocycles. The molecule has 1 heterocycles. The van der Waals surface area contributed by atoms with Gasteiger partial charge in [0.25, 0.3) is 0 Å². The van der Waals surface area contributed by atoms with Crippen LogP contribution in [0.1, 0.15) is 27.2 Å². The molecule has 1 fully saturated rings. The molecule has 5 heteroatoms. The molecule has 1 atom stereocenters. The van der Waals surface area contributed by atoms with E-state index in [9.17, 15) is 9.59 Å². The number of carboxylic acids is 1. The van der Waals surface area contributed by atoms with Gasteiger partial charge < -0.3 is 14.9 Å². The zero-order valence-corrected chi connectivity index (χ0v) is 10.1. The third-order valence-electron chi connectivity index (χ3n) is 2.87. The molecule has 0 radical (unpaired) electrons. The Morgan fingerprint density at radius 3 is 2.50 bits per heavy atom. The quantitative estimate of drug-likeness (QED) is 0.790. The average Bonchev–Trinajstić information content (AvgIpc) is 2.59. The molecule has 0 spiro atoms. The van der Waals surface area contributed by atoms with E-state index in [-0.39, 0.29) is 18.6 Å². The molecule has 16 heavy (non-hydrogen) atoms. The van der Waals surface area contributed by atoms with Crippen LogP contribution in [0.15, 0.2) is 0 Å². The largest absolute Gasteiger partial charge is 0.480 e. The predicted molar refractivity (Wildman–Crippen MR) is 60.2 cm³/mol. The van der Waals surface area contributed by atoms with Gasteiger partial charge in [-0.05, 0) is 26.2 Å². The van der Waals surface area contributed by atoms with Gasteiger partial charge in [0.05, 0.1) is 0 Å². The lowest BCUT2D eigenvalue weighted by Crippen LogP contribution is -2.47. The number of likely N-dealkylation sites (tertiary alicyclic amines) is 1. The first-order valence-corrected chi connectivity index (χ1v) is 5.69. The first-order chi connectivity index (χ1) is 7.41. The van der Waals surface area contributed by atoms with Gasteiger partial charge in [-0.25, -0.2) is 4.79 Å². The van der Waals surface area contributed by atoms with Crippen molar-refractivity contribution in [2.75, 3.05) is 19.6 Å². The van der Waals surface area contributed by atoms with E-state index >= 15 is 0 Å². The van der Waals surface area contributed by atoms with Crippen molar-refractivity contribution in [2.45, 2.75) is 33.2 Å². The Labute approximate surface area is 96.0 Å². The number of amides is 2. The zero-order chi connectivity index (χ0) is 12.3. The number of carbonyl (C=O) groups is 2. The molecular formula is C11H20N2O3. The summed E-state index contributed by atoms with van der Waals surface area (Å²) in [6.07, 6.45) is 1.00. The average molecular weight is 228 g/mol. The second-order valence-electron chi connectivity index (χ2n) is 4.74. The summed E-state index contributed by atoms with van der Waals surface area (Å²) in [4.78, 5) is 25.9. The third-order valence-corrected chi connectivity index (χ3v) is 2.87. The Morgan fingerprint density at radius 1 is 1.50 bits per heavy atom. The van der Waals surface area contributed by atoms with Crippen LogP contribution in [0.3, 0.4) is 0 Å². The van der Waals surface area contributed by atoms with Gasteiger partial charge in [-0.1, -0.05) is 6.92 Å². The van der Waals surface area contributed by atoms with Crippen LogP contribution in [0.4, 0.5) is 4.79 Å². The number of hydrogen-bond donors (Lipinski definition) is 1. The van der Waals surface area contributed by atoms with Gasteiger partial charge in [0.2, 0.25) is 0 Å². The van der Waals surface area contributed by atoms with E-state index in [0.717, 1.165) is 19.5 Å². The maximum absolute atomic E-state index is 12.1. The molecule has 1 N–H and O–H groups in total. The number of carbonyl (C=O) groups excluding carboxylic acids is 1. The Hall–Kier alpha value is -1.26. The van der Waals surface area contributed by atoms with Crippen molar-refractivity contribution < 1.29 is 14.7 Å². The van der Waals surface area contributed by atoms with Crippen molar-refractivity contribution >= 4 is 12.0 Å². The van der Waals surface area contributed by atoms with Gasteiger partial charge in [0.1, 0.15) is 6.54 Å². The highest BCUT2D eigenvalue weighted by Gasteiger charge is 2.29. The van der Waals surface area contributed by atoms with Gasteiger partial charge in [-0.2, -0.15) is 0 Å². The summed E-state index contributed by atoms with van der Waals surface area (Å²) in [5, 5.41) is 8.76. The van der Waals surface area contributed by atoms with Gasteiger partial charge >= 0.3 is 12.0 Å². The molecule has 2 amide bonds. The number of aliphatic carboxylic acids is 1. The van der Waals surface area contributed by atoms with Crippen LogP contribution < -0.4 is 0 Å². The molecule has 5 nitrogen and oxygen atoms in total. The lowest BCUT2D eigenvalue weighted by Gasteiger charge is -2.29. The topological polar surface area (TPSA) is 60.9 Å². The summed E-state index contributed by atoms with van der Waals surface area (Å²) < 4.78 is 0. The number of urea groups is 1. The Kier molecular flexibility index (Phi) is 4.15. The Balaban J connectivity index is 2.63. The molecule has 1 saturated heterocycles. The summed E-state index contributed by atoms with van der Waals surface area (Å²) >= 11 is 0.